The Bertz CT molecular complexity index is 657. The van der Waals surface area contributed by atoms with Crippen molar-refractivity contribution in [2.75, 3.05) is 0 Å². The summed E-state index contributed by atoms with van der Waals surface area (Å²) in [6.45, 7) is 2.03. The number of hydrogen-bond acceptors (Lipinski definition) is 2. The van der Waals surface area contributed by atoms with Gasteiger partial charge < -0.3 is 9.84 Å². The van der Waals surface area contributed by atoms with Gasteiger partial charge in [-0.1, -0.05) is 31.2 Å². The molecule has 4 heteroatoms. The molecule has 3 rings (SSSR count). The summed E-state index contributed by atoms with van der Waals surface area (Å²) < 4.78 is 32.4. The summed E-state index contributed by atoms with van der Waals surface area (Å²) in [6.07, 6.45) is -0.889. The van der Waals surface area contributed by atoms with Crippen molar-refractivity contribution in [3.05, 3.63) is 65.2 Å². The van der Waals surface area contributed by atoms with E-state index in [2.05, 4.69) is 0 Å². The van der Waals surface area contributed by atoms with Gasteiger partial charge in [0.2, 0.25) is 0 Å². The lowest BCUT2D eigenvalue weighted by atomic mass is 9.80. The summed E-state index contributed by atoms with van der Waals surface area (Å²) in [4.78, 5) is 0. The van der Waals surface area contributed by atoms with Crippen molar-refractivity contribution in [2.45, 2.75) is 31.5 Å². The number of fused-ring (bicyclic) bond motifs is 1. The maximum atomic E-state index is 13.7. The molecule has 1 aliphatic rings. The lowest BCUT2D eigenvalue weighted by molar-refractivity contribution is 0.0157. The van der Waals surface area contributed by atoms with Gasteiger partial charge in [0.05, 0.1) is 0 Å². The Kier molecular flexibility index (Phi) is 3.64. The topological polar surface area (TPSA) is 29.5 Å². The molecule has 0 bridgehead atoms. The molecule has 0 saturated carbocycles. The van der Waals surface area contributed by atoms with Gasteiger partial charge in [-0.2, -0.15) is 0 Å². The first-order valence-corrected chi connectivity index (χ1v) is 6.95. The van der Waals surface area contributed by atoms with E-state index in [1.807, 2.05) is 31.2 Å². The molecule has 2 nitrogen and oxygen atoms in total. The zero-order valence-electron chi connectivity index (χ0n) is 11.6. The molecule has 0 aromatic heterocycles. The van der Waals surface area contributed by atoms with Crippen LogP contribution in [0.1, 0.15) is 36.5 Å². The largest absolute Gasteiger partial charge is 0.484 e. The first-order valence-electron chi connectivity index (χ1n) is 6.95. The molecule has 0 radical (unpaired) electrons. The molecule has 1 aliphatic carbocycles. The summed E-state index contributed by atoms with van der Waals surface area (Å²) in [5.74, 6) is -1.17. The van der Waals surface area contributed by atoms with Gasteiger partial charge in [-0.3, -0.25) is 0 Å². The van der Waals surface area contributed by atoms with Crippen LogP contribution >= 0.6 is 0 Å². The van der Waals surface area contributed by atoms with Crippen LogP contribution in [0.5, 0.6) is 5.75 Å². The molecule has 1 N–H and O–H groups in total. The van der Waals surface area contributed by atoms with Crippen LogP contribution < -0.4 is 4.74 Å². The molecule has 3 unspecified atom stereocenters. The minimum absolute atomic E-state index is 0.161. The third-order valence-corrected chi connectivity index (χ3v) is 3.96. The second-order valence-corrected chi connectivity index (χ2v) is 5.44. The number of halogens is 2. The number of ether oxygens (including phenoxy) is 1. The van der Waals surface area contributed by atoms with Crippen molar-refractivity contribution in [2.24, 2.45) is 0 Å². The third-order valence-electron chi connectivity index (χ3n) is 3.96. The molecule has 2 aromatic rings. The Balaban J connectivity index is 1.89. The van der Waals surface area contributed by atoms with Crippen LogP contribution in [0.2, 0.25) is 0 Å². The van der Waals surface area contributed by atoms with Crippen LogP contribution in [0.15, 0.2) is 42.5 Å². The fraction of sp³-hybridized carbons (Fsp3) is 0.294. The molecule has 0 aliphatic heterocycles. The van der Waals surface area contributed by atoms with E-state index < -0.39 is 23.8 Å². The quantitative estimate of drug-likeness (QED) is 0.907. The van der Waals surface area contributed by atoms with Gasteiger partial charge in [0.1, 0.15) is 18.0 Å². The zero-order chi connectivity index (χ0) is 15.0. The lowest BCUT2D eigenvalue weighted by Gasteiger charge is -2.34. The second-order valence-electron chi connectivity index (χ2n) is 5.44. The number of rotatable bonds is 2. The second kappa shape index (κ2) is 5.45. The van der Waals surface area contributed by atoms with Crippen LogP contribution in [-0.4, -0.2) is 11.2 Å². The standard InChI is InChI=1S/C17H16F2O2/c1-10-8-16(17(20)13-5-3-2-4-12(10)13)21-15-9-11(18)6-7-14(15)19/h2-7,9-10,16-17,20H,8H2,1H3. The summed E-state index contributed by atoms with van der Waals surface area (Å²) in [7, 11) is 0. The summed E-state index contributed by atoms with van der Waals surface area (Å²) in [5, 5.41) is 10.4. The molecule has 0 fully saturated rings. The molecular weight excluding hydrogens is 274 g/mol. The van der Waals surface area contributed by atoms with E-state index in [-0.39, 0.29) is 11.7 Å². The Morgan fingerprint density at radius 3 is 2.57 bits per heavy atom. The summed E-state index contributed by atoms with van der Waals surface area (Å²) >= 11 is 0. The maximum Gasteiger partial charge on any atom is 0.165 e. The van der Waals surface area contributed by atoms with E-state index in [9.17, 15) is 13.9 Å². The lowest BCUT2D eigenvalue weighted by Crippen LogP contribution is -2.32. The Hall–Kier alpha value is -1.94. The van der Waals surface area contributed by atoms with E-state index in [4.69, 9.17) is 4.74 Å². The number of aliphatic hydroxyl groups is 1. The SMILES string of the molecule is CC1CC(Oc2cc(F)ccc2F)C(O)c2ccccc21. The first kappa shape index (κ1) is 14.0. The van der Waals surface area contributed by atoms with E-state index in [0.29, 0.717) is 6.42 Å². The molecule has 0 heterocycles. The van der Waals surface area contributed by atoms with Gasteiger partial charge in [-0.25, -0.2) is 8.78 Å². The van der Waals surface area contributed by atoms with Crippen LogP contribution in [-0.2, 0) is 0 Å². The minimum atomic E-state index is -0.847. The van der Waals surface area contributed by atoms with Crippen LogP contribution in [0.3, 0.4) is 0 Å². The third kappa shape index (κ3) is 2.63. The van der Waals surface area contributed by atoms with Crippen molar-refractivity contribution in [1.29, 1.82) is 0 Å². The predicted octanol–water partition coefficient (Wildman–Crippen LogP) is 3.95. The van der Waals surface area contributed by atoms with Crippen molar-refractivity contribution < 1.29 is 18.6 Å². The molecule has 110 valence electrons. The van der Waals surface area contributed by atoms with Gasteiger partial charge in [0, 0.05) is 6.07 Å². The smallest absolute Gasteiger partial charge is 0.165 e. The fourth-order valence-electron chi connectivity index (χ4n) is 2.88. The Morgan fingerprint density at radius 2 is 1.81 bits per heavy atom. The van der Waals surface area contributed by atoms with Crippen molar-refractivity contribution in [3.63, 3.8) is 0 Å². The van der Waals surface area contributed by atoms with Gasteiger partial charge in [0.25, 0.3) is 0 Å². The molecular formula is C17H16F2O2. The zero-order valence-corrected chi connectivity index (χ0v) is 11.6. The molecule has 0 spiro atoms. The van der Waals surface area contributed by atoms with Crippen molar-refractivity contribution in [1.82, 2.24) is 0 Å². The highest BCUT2D eigenvalue weighted by molar-refractivity contribution is 5.36. The van der Waals surface area contributed by atoms with E-state index in [0.717, 1.165) is 29.3 Å². The van der Waals surface area contributed by atoms with Gasteiger partial charge >= 0.3 is 0 Å². The first-order chi connectivity index (χ1) is 10.1. The minimum Gasteiger partial charge on any atom is -0.484 e. The number of benzene rings is 2. The molecule has 3 atom stereocenters. The van der Waals surface area contributed by atoms with Crippen molar-refractivity contribution in [3.8, 4) is 5.75 Å². The van der Waals surface area contributed by atoms with Crippen molar-refractivity contribution >= 4 is 0 Å². The van der Waals surface area contributed by atoms with Crippen LogP contribution in [0.25, 0.3) is 0 Å². The highest BCUT2D eigenvalue weighted by atomic mass is 19.1. The number of hydrogen-bond donors (Lipinski definition) is 1. The number of aliphatic hydroxyl groups excluding tert-OH is 1. The molecule has 21 heavy (non-hydrogen) atoms. The highest BCUT2D eigenvalue weighted by Crippen LogP contribution is 2.39. The monoisotopic (exact) mass is 290 g/mol. The Morgan fingerprint density at radius 1 is 1.10 bits per heavy atom. The van der Waals surface area contributed by atoms with Gasteiger partial charge in [-0.05, 0) is 35.6 Å². The van der Waals surface area contributed by atoms with E-state index in [1.165, 1.54) is 0 Å². The van der Waals surface area contributed by atoms with Crippen LogP contribution in [0.4, 0.5) is 8.78 Å². The predicted molar refractivity (Wildman–Crippen MR) is 75.2 cm³/mol. The summed E-state index contributed by atoms with van der Waals surface area (Å²) in [6, 6.07) is 10.7. The van der Waals surface area contributed by atoms with E-state index in [1.54, 1.807) is 0 Å². The molecule has 0 amide bonds. The molecule has 2 aromatic carbocycles. The molecule has 0 saturated heterocycles. The highest BCUT2D eigenvalue weighted by Gasteiger charge is 2.33. The fourth-order valence-corrected chi connectivity index (χ4v) is 2.88. The summed E-state index contributed by atoms with van der Waals surface area (Å²) in [5.41, 5.74) is 1.86. The van der Waals surface area contributed by atoms with E-state index >= 15 is 0 Å². The normalized spacial score (nSPS) is 24.5. The van der Waals surface area contributed by atoms with Gasteiger partial charge in [-0.15, -0.1) is 0 Å². The average molecular weight is 290 g/mol. The van der Waals surface area contributed by atoms with Crippen LogP contribution in [0, 0.1) is 11.6 Å². The average Bonchev–Trinajstić information content (AvgIpc) is 2.48. The maximum absolute atomic E-state index is 13.7. The van der Waals surface area contributed by atoms with Gasteiger partial charge in [0.15, 0.2) is 11.6 Å². The Labute approximate surface area is 122 Å².